The lowest BCUT2D eigenvalue weighted by Gasteiger charge is -2.29. The fourth-order valence-corrected chi connectivity index (χ4v) is 2.69. The first kappa shape index (κ1) is 12.2. The van der Waals surface area contributed by atoms with Crippen LogP contribution in [-0.4, -0.2) is 45.3 Å². The Morgan fingerprint density at radius 1 is 1.11 bits per heavy atom. The van der Waals surface area contributed by atoms with E-state index in [9.17, 15) is 0 Å². The van der Waals surface area contributed by atoms with Crippen molar-refractivity contribution < 1.29 is 0 Å². The highest BCUT2D eigenvalue weighted by Gasteiger charge is 2.15. The molecule has 0 radical (unpaired) electrons. The lowest BCUT2D eigenvalue weighted by atomic mass is 10.1. The molecule has 2 aromatic rings. The normalized spacial score (nSPS) is 15.8. The molecule has 1 N–H and O–H groups in total. The minimum absolute atomic E-state index is 1.03. The van der Waals surface area contributed by atoms with Gasteiger partial charge in [-0.25, -0.2) is 4.98 Å². The molecular weight excluding hydrogens is 236 g/mol. The molecule has 19 heavy (non-hydrogen) atoms. The van der Waals surface area contributed by atoms with Gasteiger partial charge in [-0.2, -0.15) is 0 Å². The monoisotopic (exact) mass is 256 g/mol. The molecule has 0 aliphatic carbocycles. The number of nitrogens with zero attached hydrogens (tertiary/aromatic N) is 3. The Bertz CT molecular complexity index is 573. The first-order chi connectivity index (χ1) is 9.27. The van der Waals surface area contributed by atoms with E-state index < -0.39 is 0 Å². The van der Waals surface area contributed by atoms with Gasteiger partial charge in [-0.1, -0.05) is 12.1 Å². The molecule has 1 aliphatic heterocycles. The van der Waals surface area contributed by atoms with E-state index in [1.807, 2.05) is 6.20 Å². The Hall–Kier alpha value is -1.81. The molecule has 0 atom stereocenters. The second-order valence-corrected chi connectivity index (χ2v) is 5.14. The zero-order valence-electron chi connectivity index (χ0n) is 11.6. The molecule has 0 unspecified atom stereocenters. The molecule has 100 valence electrons. The van der Waals surface area contributed by atoms with Crippen LogP contribution in [0, 0.1) is 0 Å². The summed E-state index contributed by atoms with van der Waals surface area (Å²) in [5.41, 5.74) is 1.25. The van der Waals surface area contributed by atoms with Crippen molar-refractivity contribution in [3.8, 4) is 0 Å². The van der Waals surface area contributed by atoms with Crippen molar-refractivity contribution in [2.45, 2.75) is 0 Å². The van der Waals surface area contributed by atoms with E-state index in [1.54, 1.807) is 0 Å². The second-order valence-electron chi connectivity index (χ2n) is 5.14. The van der Waals surface area contributed by atoms with Gasteiger partial charge >= 0.3 is 0 Å². The van der Waals surface area contributed by atoms with Gasteiger partial charge in [-0.05, 0) is 12.1 Å². The molecule has 1 saturated heterocycles. The third-order valence-corrected chi connectivity index (χ3v) is 3.66. The van der Waals surface area contributed by atoms with Crippen LogP contribution in [0.1, 0.15) is 0 Å². The SMILES string of the molecule is CN(C)c1cccc2c(N3CCNCC3)nccc12. The molecule has 0 amide bonds. The molecule has 4 heteroatoms. The van der Waals surface area contributed by atoms with Crippen LogP contribution in [0.25, 0.3) is 10.8 Å². The van der Waals surface area contributed by atoms with Gasteiger partial charge in [-0.15, -0.1) is 0 Å². The molecule has 1 aromatic heterocycles. The summed E-state index contributed by atoms with van der Waals surface area (Å²) in [4.78, 5) is 9.14. The topological polar surface area (TPSA) is 31.4 Å². The third kappa shape index (κ3) is 2.24. The smallest absolute Gasteiger partial charge is 0.136 e. The highest BCUT2D eigenvalue weighted by atomic mass is 15.2. The molecule has 2 heterocycles. The quantitative estimate of drug-likeness (QED) is 0.886. The van der Waals surface area contributed by atoms with E-state index in [1.165, 1.54) is 16.5 Å². The van der Waals surface area contributed by atoms with Crippen LogP contribution >= 0.6 is 0 Å². The summed E-state index contributed by atoms with van der Waals surface area (Å²) in [6, 6.07) is 8.55. The van der Waals surface area contributed by atoms with Crippen LogP contribution in [-0.2, 0) is 0 Å². The van der Waals surface area contributed by atoms with Crippen molar-refractivity contribution in [1.29, 1.82) is 0 Å². The van der Waals surface area contributed by atoms with Gasteiger partial charge in [0.1, 0.15) is 5.82 Å². The number of nitrogens with one attached hydrogen (secondary N) is 1. The Kier molecular flexibility index (Phi) is 3.25. The van der Waals surface area contributed by atoms with Crippen LogP contribution in [0.15, 0.2) is 30.5 Å². The number of anilines is 2. The van der Waals surface area contributed by atoms with Crippen LogP contribution in [0.5, 0.6) is 0 Å². The Balaban J connectivity index is 2.12. The van der Waals surface area contributed by atoms with Crippen molar-refractivity contribution in [3.05, 3.63) is 30.5 Å². The number of rotatable bonds is 2. The number of pyridine rings is 1. The lowest BCUT2D eigenvalue weighted by Crippen LogP contribution is -2.43. The zero-order chi connectivity index (χ0) is 13.2. The number of fused-ring (bicyclic) bond motifs is 1. The lowest BCUT2D eigenvalue weighted by molar-refractivity contribution is 0.586. The predicted octanol–water partition coefficient (Wildman–Crippen LogP) is 1.71. The summed E-state index contributed by atoms with van der Waals surface area (Å²) < 4.78 is 0. The van der Waals surface area contributed by atoms with Crippen molar-refractivity contribution in [2.75, 3.05) is 50.1 Å². The van der Waals surface area contributed by atoms with Crippen molar-refractivity contribution in [1.82, 2.24) is 10.3 Å². The van der Waals surface area contributed by atoms with Gasteiger partial charge in [0.25, 0.3) is 0 Å². The molecular formula is C15H20N4. The third-order valence-electron chi connectivity index (χ3n) is 3.66. The molecule has 4 nitrogen and oxygen atoms in total. The summed E-state index contributed by atoms with van der Waals surface area (Å²) in [6.45, 7) is 4.12. The Morgan fingerprint density at radius 2 is 1.89 bits per heavy atom. The van der Waals surface area contributed by atoms with Crippen LogP contribution in [0.4, 0.5) is 11.5 Å². The first-order valence-electron chi connectivity index (χ1n) is 6.78. The minimum atomic E-state index is 1.03. The number of benzene rings is 1. The molecule has 1 aromatic carbocycles. The maximum atomic E-state index is 4.61. The maximum absolute atomic E-state index is 4.61. The Labute approximate surface area is 114 Å². The average molecular weight is 256 g/mol. The maximum Gasteiger partial charge on any atom is 0.136 e. The van der Waals surface area contributed by atoms with E-state index >= 15 is 0 Å². The van der Waals surface area contributed by atoms with Gasteiger partial charge in [-0.3, -0.25) is 0 Å². The predicted molar refractivity (Wildman–Crippen MR) is 81.2 cm³/mol. The van der Waals surface area contributed by atoms with E-state index in [2.05, 4.69) is 58.5 Å². The largest absolute Gasteiger partial charge is 0.377 e. The minimum Gasteiger partial charge on any atom is -0.377 e. The molecule has 0 bridgehead atoms. The van der Waals surface area contributed by atoms with Gasteiger partial charge in [0, 0.05) is 62.9 Å². The number of hydrogen-bond donors (Lipinski definition) is 1. The summed E-state index contributed by atoms with van der Waals surface area (Å²) in [5, 5.41) is 5.90. The van der Waals surface area contributed by atoms with Gasteiger partial charge in [0.05, 0.1) is 0 Å². The first-order valence-corrected chi connectivity index (χ1v) is 6.78. The highest BCUT2D eigenvalue weighted by Crippen LogP contribution is 2.30. The highest BCUT2D eigenvalue weighted by molar-refractivity contribution is 6.00. The van der Waals surface area contributed by atoms with Gasteiger partial charge in [0.15, 0.2) is 0 Å². The summed E-state index contributed by atoms with van der Waals surface area (Å²) in [5.74, 6) is 1.11. The van der Waals surface area contributed by atoms with Crippen LogP contribution < -0.4 is 15.1 Å². The summed E-state index contributed by atoms with van der Waals surface area (Å²) in [6.07, 6.45) is 1.92. The fourth-order valence-electron chi connectivity index (χ4n) is 2.69. The van der Waals surface area contributed by atoms with Crippen molar-refractivity contribution in [2.24, 2.45) is 0 Å². The summed E-state index contributed by atoms with van der Waals surface area (Å²) >= 11 is 0. The number of aromatic nitrogens is 1. The molecule has 0 spiro atoms. The van der Waals surface area contributed by atoms with E-state index in [4.69, 9.17) is 0 Å². The van der Waals surface area contributed by atoms with E-state index in [0.717, 1.165) is 32.0 Å². The van der Waals surface area contributed by atoms with Gasteiger partial charge in [0.2, 0.25) is 0 Å². The Morgan fingerprint density at radius 3 is 2.63 bits per heavy atom. The summed E-state index contributed by atoms with van der Waals surface area (Å²) in [7, 11) is 4.17. The zero-order valence-corrected chi connectivity index (χ0v) is 11.6. The number of hydrogen-bond acceptors (Lipinski definition) is 4. The van der Waals surface area contributed by atoms with E-state index in [0.29, 0.717) is 0 Å². The second kappa shape index (κ2) is 5.05. The van der Waals surface area contributed by atoms with Crippen LogP contribution in [0.3, 0.4) is 0 Å². The average Bonchev–Trinajstić information content (AvgIpc) is 2.46. The molecule has 3 rings (SSSR count). The molecule has 1 aliphatic rings. The molecule has 1 fully saturated rings. The van der Waals surface area contributed by atoms with Gasteiger partial charge < -0.3 is 15.1 Å². The van der Waals surface area contributed by atoms with Crippen molar-refractivity contribution in [3.63, 3.8) is 0 Å². The fraction of sp³-hybridized carbons (Fsp3) is 0.400. The number of piperazine rings is 1. The van der Waals surface area contributed by atoms with Crippen LogP contribution in [0.2, 0.25) is 0 Å². The standard InChI is InChI=1S/C15H20N4/c1-18(2)14-5-3-4-13-12(14)6-7-17-15(13)19-10-8-16-9-11-19/h3-7,16H,8-11H2,1-2H3. The molecule has 0 saturated carbocycles. The van der Waals surface area contributed by atoms with Crippen molar-refractivity contribution >= 4 is 22.3 Å². The van der Waals surface area contributed by atoms with E-state index in [-0.39, 0.29) is 0 Å².